The molecule has 3 aromatic heterocycles. The molecule has 0 amide bonds. The molecule has 0 aliphatic carbocycles. The van der Waals surface area contributed by atoms with Crippen LogP contribution in [0.3, 0.4) is 0 Å². The number of nitrogens with zero attached hydrogens (tertiary/aromatic N) is 7. The molecule has 1 N–H and O–H groups in total. The van der Waals surface area contributed by atoms with Crippen molar-refractivity contribution < 1.29 is 9.29 Å². The van der Waals surface area contributed by atoms with Gasteiger partial charge in [-0.1, -0.05) is 17.3 Å². The van der Waals surface area contributed by atoms with E-state index >= 15 is 0 Å². The zero-order valence-corrected chi connectivity index (χ0v) is 22.9. The molecule has 1 aliphatic rings. The van der Waals surface area contributed by atoms with Gasteiger partial charge < -0.3 is 19.5 Å². The van der Waals surface area contributed by atoms with Crippen molar-refractivity contribution in [1.82, 2.24) is 34.4 Å². The summed E-state index contributed by atoms with van der Waals surface area (Å²) in [7, 11) is 3.84. The van der Waals surface area contributed by atoms with Crippen molar-refractivity contribution in [2.24, 2.45) is 7.05 Å². The van der Waals surface area contributed by atoms with Crippen LogP contribution in [0.4, 0.5) is 11.6 Å². The van der Waals surface area contributed by atoms with Crippen LogP contribution in [-0.2, 0) is 24.8 Å². The van der Waals surface area contributed by atoms with Crippen LogP contribution in [0, 0.1) is 0 Å². The average molecular weight is 537 g/mol. The molecule has 1 aliphatic heterocycles. The van der Waals surface area contributed by atoms with Crippen molar-refractivity contribution in [3.05, 3.63) is 58.1 Å². The summed E-state index contributed by atoms with van der Waals surface area (Å²) >= 11 is -1.34. The number of ether oxygens (including phenoxy) is 1. The van der Waals surface area contributed by atoms with E-state index < -0.39 is 11.2 Å². The highest BCUT2D eigenvalue weighted by Gasteiger charge is 2.23. The first-order valence-electron chi connectivity index (χ1n) is 12.6. The van der Waals surface area contributed by atoms with Crippen LogP contribution in [-0.4, -0.2) is 72.0 Å². The van der Waals surface area contributed by atoms with E-state index in [-0.39, 0.29) is 17.9 Å². The fraction of sp³-hybridized carbons (Fsp3) is 0.423. The largest absolute Gasteiger partial charge is 0.610 e. The predicted molar refractivity (Wildman–Crippen MR) is 147 cm³/mol. The van der Waals surface area contributed by atoms with E-state index in [9.17, 15) is 9.35 Å². The molecule has 4 aromatic rings. The van der Waals surface area contributed by atoms with Crippen LogP contribution in [0.5, 0.6) is 5.75 Å². The molecule has 1 unspecified atom stereocenters. The molecular weight excluding hydrogens is 504 g/mol. The highest BCUT2D eigenvalue weighted by molar-refractivity contribution is 7.90. The number of fused-ring (bicyclic) bond motifs is 1. The van der Waals surface area contributed by atoms with E-state index in [4.69, 9.17) is 4.74 Å². The summed E-state index contributed by atoms with van der Waals surface area (Å²) < 4.78 is 20.8. The first-order chi connectivity index (χ1) is 18.3. The monoisotopic (exact) mass is 536 g/mol. The second kappa shape index (κ2) is 11.1. The number of anilines is 2. The van der Waals surface area contributed by atoms with E-state index in [2.05, 4.69) is 49.7 Å². The second-order valence-corrected chi connectivity index (χ2v) is 10.8. The summed E-state index contributed by atoms with van der Waals surface area (Å²) in [5.41, 5.74) is 2.69. The standard InChI is InChI=1S/C26H32N8O3S/c1-5-37-22-14-19-15-27-26(28-20-8-6-17(7-9-20)18-10-12-32(2)13-11-18)29-23(19)34(24(22)35)16-21-25(38(4)36)33(3)31-30-21/h6-9,14-15,18H,5,10-13,16H2,1-4H3,(H,27,28,29). The number of hydrogen-bond acceptors (Lipinski definition) is 9. The molecule has 11 nitrogen and oxygen atoms in total. The van der Waals surface area contributed by atoms with Crippen molar-refractivity contribution in [2.75, 3.05) is 38.3 Å². The third-order valence-corrected chi connectivity index (χ3v) is 7.92. The van der Waals surface area contributed by atoms with Gasteiger partial charge in [0.2, 0.25) is 5.95 Å². The molecule has 0 bridgehead atoms. The van der Waals surface area contributed by atoms with Crippen molar-refractivity contribution in [3.63, 3.8) is 0 Å². The van der Waals surface area contributed by atoms with Crippen LogP contribution < -0.4 is 15.6 Å². The van der Waals surface area contributed by atoms with Crippen LogP contribution in [0.2, 0.25) is 0 Å². The third kappa shape index (κ3) is 5.38. The van der Waals surface area contributed by atoms with Gasteiger partial charge in [0.05, 0.1) is 13.2 Å². The van der Waals surface area contributed by atoms with Gasteiger partial charge in [-0.3, -0.25) is 9.36 Å². The number of aromatic nitrogens is 6. The van der Waals surface area contributed by atoms with Gasteiger partial charge in [0.15, 0.2) is 11.4 Å². The Balaban J connectivity index is 1.47. The van der Waals surface area contributed by atoms with Crippen LogP contribution in [0.1, 0.15) is 36.9 Å². The Morgan fingerprint density at radius 2 is 1.92 bits per heavy atom. The minimum absolute atomic E-state index is 0.0424. The Morgan fingerprint density at radius 3 is 2.61 bits per heavy atom. The van der Waals surface area contributed by atoms with Gasteiger partial charge in [-0.25, -0.2) is 9.67 Å². The van der Waals surface area contributed by atoms with Gasteiger partial charge in [-0.15, -0.1) is 5.10 Å². The van der Waals surface area contributed by atoms with Gasteiger partial charge in [0.25, 0.3) is 10.6 Å². The van der Waals surface area contributed by atoms with Crippen LogP contribution in [0.15, 0.2) is 46.3 Å². The molecule has 1 aromatic carbocycles. The minimum atomic E-state index is -1.34. The van der Waals surface area contributed by atoms with Gasteiger partial charge in [-0.05, 0) is 69.6 Å². The lowest BCUT2D eigenvalue weighted by Gasteiger charge is -2.29. The maximum Gasteiger partial charge on any atom is 0.294 e. The molecule has 1 fully saturated rings. The van der Waals surface area contributed by atoms with Crippen molar-refractivity contribution >= 4 is 33.8 Å². The number of rotatable bonds is 8. The van der Waals surface area contributed by atoms with Gasteiger partial charge >= 0.3 is 0 Å². The van der Waals surface area contributed by atoms with Crippen molar-refractivity contribution in [3.8, 4) is 5.75 Å². The van der Waals surface area contributed by atoms with E-state index in [0.717, 1.165) is 31.6 Å². The molecule has 12 heteroatoms. The summed E-state index contributed by atoms with van der Waals surface area (Å²) in [6.45, 7) is 4.43. The van der Waals surface area contributed by atoms with E-state index in [0.29, 0.717) is 40.2 Å². The first-order valence-corrected chi connectivity index (χ1v) is 14.2. The molecule has 200 valence electrons. The number of hydrogen-bond donors (Lipinski definition) is 1. The Hall–Kier alpha value is -3.48. The number of aryl methyl sites for hydroxylation is 1. The fourth-order valence-corrected chi connectivity index (χ4v) is 5.75. The molecule has 0 spiro atoms. The van der Waals surface area contributed by atoms with Gasteiger partial charge in [0, 0.05) is 35.5 Å². The third-order valence-electron chi connectivity index (χ3n) is 6.87. The summed E-state index contributed by atoms with van der Waals surface area (Å²) in [5.74, 6) is 1.13. The lowest BCUT2D eigenvalue weighted by atomic mass is 9.89. The number of benzene rings is 1. The predicted octanol–water partition coefficient (Wildman–Crippen LogP) is 2.66. The summed E-state index contributed by atoms with van der Waals surface area (Å²) in [6.07, 6.45) is 5.54. The topological polar surface area (TPSA) is 126 Å². The summed E-state index contributed by atoms with van der Waals surface area (Å²) in [4.78, 5) is 24.9. The summed E-state index contributed by atoms with van der Waals surface area (Å²) in [6, 6.07) is 10.0. The molecule has 1 atom stereocenters. The van der Waals surface area contributed by atoms with E-state index in [1.165, 1.54) is 14.8 Å². The Kier molecular flexibility index (Phi) is 7.63. The van der Waals surface area contributed by atoms with Gasteiger partial charge in [0.1, 0.15) is 11.9 Å². The Bertz CT molecular complexity index is 1480. The summed E-state index contributed by atoms with van der Waals surface area (Å²) in [5, 5.41) is 12.5. The number of nitrogens with one attached hydrogen (secondary N) is 1. The Morgan fingerprint density at radius 1 is 1.18 bits per heavy atom. The lowest BCUT2D eigenvalue weighted by molar-refractivity contribution is 0.255. The number of likely N-dealkylation sites (tertiary alicyclic amines) is 1. The molecule has 38 heavy (non-hydrogen) atoms. The van der Waals surface area contributed by atoms with E-state index in [1.807, 2.05) is 19.1 Å². The van der Waals surface area contributed by atoms with Gasteiger partial charge in [-0.2, -0.15) is 4.98 Å². The maximum atomic E-state index is 13.4. The first kappa shape index (κ1) is 26.1. The van der Waals surface area contributed by atoms with Crippen molar-refractivity contribution in [1.29, 1.82) is 0 Å². The number of pyridine rings is 1. The maximum absolute atomic E-state index is 13.4. The average Bonchev–Trinajstić information content (AvgIpc) is 3.28. The fourth-order valence-electron chi connectivity index (χ4n) is 4.90. The minimum Gasteiger partial charge on any atom is -0.610 e. The lowest BCUT2D eigenvalue weighted by Crippen LogP contribution is -2.29. The molecular formula is C26H32N8O3S. The second-order valence-electron chi connectivity index (χ2n) is 9.55. The zero-order chi connectivity index (χ0) is 26.8. The molecule has 4 heterocycles. The van der Waals surface area contributed by atoms with Crippen LogP contribution in [0.25, 0.3) is 11.0 Å². The molecule has 0 saturated carbocycles. The van der Waals surface area contributed by atoms with E-state index in [1.54, 1.807) is 25.6 Å². The molecule has 1 saturated heterocycles. The number of piperidine rings is 1. The highest BCUT2D eigenvalue weighted by atomic mass is 32.2. The highest BCUT2D eigenvalue weighted by Crippen LogP contribution is 2.29. The van der Waals surface area contributed by atoms with Crippen molar-refractivity contribution in [2.45, 2.75) is 37.3 Å². The van der Waals surface area contributed by atoms with Crippen LogP contribution >= 0.6 is 0 Å². The Labute approximate surface area is 224 Å². The zero-order valence-electron chi connectivity index (χ0n) is 22.0. The SMILES string of the molecule is CCOc1cc2cnc(Nc3ccc(C4CCN(C)CC4)cc3)nc2n(Cc2nnn(C)c2[S+](C)[O-])c1=O. The molecule has 0 radical (unpaired) electrons. The molecule has 5 rings (SSSR count). The smallest absolute Gasteiger partial charge is 0.294 e. The quantitative estimate of drug-likeness (QED) is 0.338. The normalized spacial score (nSPS) is 15.6.